The Balaban J connectivity index is 2.03. The first-order chi connectivity index (χ1) is 10.9. The molecule has 1 aliphatic rings. The Hall–Kier alpha value is -1.89. The first kappa shape index (κ1) is 17.5. The quantitative estimate of drug-likeness (QED) is 0.841. The molecule has 2 unspecified atom stereocenters. The lowest BCUT2D eigenvalue weighted by molar-refractivity contribution is -0.124. The van der Waals surface area contributed by atoms with Gasteiger partial charge in [-0.05, 0) is 31.5 Å². The number of nitrogens with one attached hydrogen (secondary N) is 2. The second-order valence-corrected chi connectivity index (χ2v) is 5.57. The molecule has 0 saturated carbocycles. The van der Waals surface area contributed by atoms with Crippen LogP contribution in [0.3, 0.4) is 0 Å². The van der Waals surface area contributed by atoms with Gasteiger partial charge in [0.15, 0.2) is 11.5 Å². The van der Waals surface area contributed by atoms with E-state index in [1.807, 2.05) is 13.0 Å². The van der Waals surface area contributed by atoms with Crippen LogP contribution in [0.1, 0.15) is 31.9 Å². The van der Waals surface area contributed by atoms with Gasteiger partial charge in [-0.25, -0.2) is 8.78 Å². The van der Waals surface area contributed by atoms with Crippen molar-refractivity contribution < 1.29 is 23.0 Å². The first-order valence-electron chi connectivity index (χ1n) is 7.58. The highest BCUT2D eigenvalue weighted by Gasteiger charge is 2.42. The van der Waals surface area contributed by atoms with Crippen molar-refractivity contribution >= 4 is 5.91 Å². The summed E-state index contributed by atoms with van der Waals surface area (Å²) < 4.78 is 37.0. The molecular weight excluding hydrogens is 306 g/mol. The van der Waals surface area contributed by atoms with Crippen molar-refractivity contribution in [2.45, 2.75) is 38.3 Å². The Morgan fingerprint density at radius 3 is 2.78 bits per heavy atom. The molecule has 1 aromatic rings. The third-order valence-corrected chi connectivity index (χ3v) is 3.77. The molecule has 7 heteroatoms. The van der Waals surface area contributed by atoms with E-state index in [9.17, 15) is 13.6 Å². The van der Waals surface area contributed by atoms with Gasteiger partial charge in [-0.1, -0.05) is 6.07 Å². The van der Waals surface area contributed by atoms with Gasteiger partial charge < -0.3 is 14.8 Å². The zero-order valence-electron chi connectivity index (χ0n) is 13.5. The smallest absolute Gasteiger partial charge is 0.262 e. The molecule has 0 aromatic heterocycles. The number of amides is 1. The summed E-state index contributed by atoms with van der Waals surface area (Å²) in [5.41, 5.74) is 0.809. The molecule has 1 aromatic carbocycles. The lowest BCUT2D eigenvalue weighted by Gasteiger charge is -2.19. The number of ether oxygens (including phenoxy) is 2. The molecule has 2 N–H and O–H groups in total. The highest BCUT2D eigenvalue weighted by molar-refractivity contribution is 5.82. The lowest BCUT2D eigenvalue weighted by atomic mass is 10.1. The maximum Gasteiger partial charge on any atom is 0.262 e. The van der Waals surface area contributed by atoms with Crippen LogP contribution in [0.2, 0.25) is 0 Å². The molecule has 1 heterocycles. The van der Waals surface area contributed by atoms with E-state index in [4.69, 9.17) is 9.47 Å². The van der Waals surface area contributed by atoms with E-state index in [1.54, 1.807) is 19.1 Å². The van der Waals surface area contributed by atoms with E-state index in [1.165, 1.54) is 7.11 Å². The van der Waals surface area contributed by atoms with Gasteiger partial charge in [-0.15, -0.1) is 0 Å². The number of hydrogen-bond acceptors (Lipinski definition) is 4. The number of carbonyl (C=O) groups excluding carboxylic acids is 1. The Morgan fingerprint density at radius 2 is 2.22 bits per heavy atom. The lowest BCUT2D eigenvalue weighted by Crippen LogP contribution is -2.41. The van der Waals surface area contributed by atoms with Gasteiger partial charge in [-0.2, -0.15) is 0 Å². The maximum absolute atomic E-state index is 13.2. The average molecular weight is 328 g/mol. The van der Waals surface area contributed by atoms with Crippen LogP contribution in [0.25, 0.3) is 0 Å². The predicted octanol–water partition coefficient (Wildman–Crippen LogP) is 2.27. The molecule has 23 heavy (non-hydrogen) atoms. The summed E-state index contributed by atoms with van der Waals surface area (Å²) in [6.45, 7) is 3.72. The maximum atomic E-state index is 13.2. The first-order valence-corrected chi connectivity index (χ1v) is 7.58. The minimum absolute atomic E-state index is 0.330. The van der Waals surface area contributed by atoms with E-state index in [0.29, 0.717) is 18.1 Å². The van der Waals surface area contributed by atoms with Crippen LogP contribution in [0, 0.1) is 0 Å². The monoisotopic (exact) mass is 328 g/mol. The van der Waals surface area contributed by atoms with E-state index < -0.39 is 30.8 Å². The SMILES string of the molecule is CCOc1ccc(C(C)NC(=O)C2CC(F)(F)CN2)cc1OC. The normalized spacial score (nSPS) is 20.8. The Morgan fingerprint density at radius 1 is 1.48 bits per heavy atom. The van der Waals surface area contributed by atoms with Gasteiger partial charge >= 0.3 is 0 Å². The molecule has 2 atom stereocenters. The van der Waals surface area contributed by atoms with Gasteiger partial charge in [-0.3, -0.25) is 10.1 Å². The van der Waals surface area contributed by atoms with Crippen molar-refractivity contribution in [2.24, 2.45) is 0 Å². The molecule has 128 valence electrons. The molecule has 1 aliphatic heterocycles. The number of halogens is 2. The van der Waals surface area contributed by atoms with E-state index in [2.05, 4.69) is 10.6 Å². The molecule has 2 rings (SSSR count). The van der Waals surface area contributed by atoms with Gasteiger partial charge in [0.2, 0.25) is 5.91 Å². The number of carbonyl (C=O) groups is 1. The van der Waals surface area contributed by atoms with Crippen LogP contribution in [0.4, 0.5) is 8.78 Å². The third kappa shape index (κ3) is 4.31. The molecule has 0 radical (unpaired) electrons. The molecule has 0 spiro atoms. The number of rotatable bonds is 6. The second-order valence-electron chi connectivity index (χ2n) is 5.57. The second kappa shape index (κ2) is 7.12. The molecular formula is C16H22F2N2O3. The minimum Gasteiger partial charge on any atom is -0.493 e. The van der Waals surface area contributed by atoms with Crippen molar-refractivity contribution in [3.05, 3.63) is 23.8 Å². The van der Waals surface area contributed by atoms with E-state index in [-0.39, 0.29) is 6.04 Å². The zero-order chi connectivity index (χ0) is 17.0. The summed E-state index contributed by atoms with van der Waals surface area (Å²) in [5, 5.41) is 5.29. The van der Waals surface area contributed by atoms with Crippen LogP contribution in [0.5, 0.6) is 11.5 Å². The van der Waals surface area contributed by atoms with Crippen LogP contribution in [0.15, 0.2) is 18.2 Å². The molecule has 0 bridgehead atoms. The number of hydrogen-bond donors (Lipinski definition) is 2. The summed E-state index contributed by atoms with van der Waals surface area (Å²) in [5.74, 6) is -2.07. The third-order valence-electron chi connectivity index (χ3n) is 3.77. The highest BCUT2D eigenvalue weighted by atomic mass is 19.3. The summed E-state index contributed by atoms with van der Waals surface area (Å²) in [6, 6.07) is 4.16. The van der Waals surface area contributed by atoms with Gasteiger partial charge in [0.25, 0.3) is 5.92 Å². The Bertz CT molecular complexity index is 566. The minimum atomic E-state index is -2.83. The highest BCUT2D eigenvalue weighted by Crippen LogP contribution is 2.30. The summed E-state index contributed by atoms with van der Waals surface area (Å²) >= 11 is 0. The zero-order valence-corrected chi connectivity index (χ0v) is 13.5. The fourth-order valence-corrected chi connectivity index (χ4v) is 2.53. The van der Waals surface area contributed by atoms with E-state index >= 15 is 0 Å². The van der Waals surface area contributed by atoms with E-state index in [0.717, 1.165) is 5.56 Å². The Kier molecular flexibility index (Phi) is 5.41. The molecule has 1 saturated heterocycles. The largest absolute Gasteiger partial charge is 0.493 e. The summed E-state index contributed by atoms with van der Waals surface area (Å²) in [6.07, 6.45) is -0.474. The Labute approximate surface area is 134 Å². The molecule has 0 aliphatic carbocycles. The number of alkyl halides is 2. The van der Waals surface area contributed by atoms with Crippen molar-refractivity contribution in [2.75, 3.05) is 20.3 Å². The van der Waals surface area contributed by atoms with Gasteiger partial charge in [0.1, 0.15) is 0 Å². The van der Waals surface area contributed by atoms with Crippen LogP contribution in [-0.4, -0.2) is 38.1 Å². The molecule has 1 fully saturated rings. The van der Waals surface area contributed by atoms with Gasteiger partial charge in [0, 0.05) is 6.42 Å². The summed E-state index contributed by atoms with van der Waals surface area (Å²) in [7, 11) is 1.54. The average Bonchev–Trinajstić information content (AvgIpc) is 2.88. The van der Waals surface area contributed by atoms with Gasteiger partial charge in [0.05, 0.1) is 32.3 Å². The number of methoxy groups -OCH3 is 1. The van der Waals surface area contributed by atoms with Crippen LogP contribution >= 0.6 is 0 Å². The summed E-state index contributed by atoms with van der Waals surface area (Å²) in [4.78, 5) is 12.1. The number of benzene rings is 1. The molecule has 1 amide bonds. The van der Waals surface area contributed by atoms with Crippen molar-refractivity contribution in [1.82, 2.24) is 10.6 Å². The fraction of sp³-hybridized carbons (Fsp3) is 0.562. The predicted molar refractivity (Wildman–Crippen MR) is 82.1 cm³/mol. The van der Waals surface area contributed by atoms with Crippen molar-refractivity contribution in [3.8, 4) is 11.5 Å². The van der Waals surface area contributed by atoms with Crippen LogP contribution < -0.4 is 20.1 Å². The van der Waals surface area contributed by atoms with Crippen molar-refractivity contribution in [3.63, 3.8) is 0 Å². The topological polar surface area (TPSA) is 59.6 Å². The fourth-order valence-electron chi connectivity index (χ4n) is 2.53. The van der Waals surface area contributed by atoms with Crippen LogP contribution in [-0.2, 0) is 4.79 Å². The standard InChI is InChI=1S/C16H22F2N2O3/c1-4-23-13-6-5-11(7-14(13)22-3)10(2)20-15(21)12-8-16(17,18)9-19-12/h5-7,10,12,19H,4,8-9H2,1-3H3,(H,20,21). The molecule has 5 nitrogen and oxygen atoms in total. The van der Waals surface area contributed by atoms with Crippen molar-refractivity contribution in [1.29, 1.82) is 0 Å².